The summed E-state index contributed by atoms with van der Waals surface area (Å²) in [5, 5.41) is 5.82. The summed E-state index contributed by atoms with van der Waals surface area (Å²) < 4.78 is 5.53. The Labute approximate surface area is 113 Å². The predicted octanol–water partition coefficient (Wildman–Crippen LogP) is 1.26. The van der Waals surface area contributed by atoms with Crippen LogP contribution in [-0.4, -0.2) is 34.6 Å². The molecule has 0 atom stereocenters. The van der Waals surface area contributed by atoms with Gasteiger partial charge in [-0.1, -0.05) is 0 Å². The Balaban J connectivity index is 1.90. The molecule has 6 nitrogen and oxygen atoms in total. The number of carbonyl (C=O) groups is 1. The maximum absolute atomic E-state index is 11.6. The molecule has 0 spiro atoms. The van der Waals surface area contributed by atoms with E-state index in [4.69, 9.17) is 4.74 Å². The fourth-order valence-corrected chi connectivity index (χ4v) is 1.59. The molecule has 1 aliphatic rings. The molecule has 0 aromatic carbocycles. The summed E-state index contributed by atoms with van der Waals surface area (Å²) in [4.78, 5) is 20.0. The first-order valence-corrected chi connectivity index (χ1v) is 6.58. The monoisotopic (exact) mass is 264 g/mol. The first-order valence-electron chi connectivity index (χ1n) is 6.58. The molecule has 1 saturated carbocycles. The van der Waals surface area contributed by atoms with Crippen LogP contribution in [0.3, 0.4) is 0 Å². The minimum absolute atomic E-state index is 0.0288. The number of hydrogen-bond donors (Lipinski definition) is 2. The largest absolute Gasteiger partial charge is 0.475 e. The lowest BCUT2D eigenvalue weighted by atomic mass is 10.4. The Kier molecular flexibility index (Phi) is 4.19. The summed E-state index contributed by atoms with van der Waals surface area (Å²) in [5.41, 5.74) is 0.802. The second-order valence-electron chi connectivity index (χ2n) is 5.03. The summed E-state index contributed by atoms with van der Waals surface area (Å²) in [5.74, 6) is 0.910. The van der Waals surface area contributed by atoms with Crippen LogP contribution in [0.15, 0.2) is 6.07 Å². The lowest BCUT2D eigenvalue weighted by Gasteiger charge is -2.11. The number of nitrogens with zero attached hydrogens (tertiary/aromatic N) is 2. The Hall–Kier alpha value is -1.85. The Morgan fingerprint density at radius 1 is 1.47 bits per heavy atom. The molecule has 0 radical (unpaired) electrons. The van der Waals surface area contributed by atoms with Crippen molar-refractivity contribution in [2.45, 2.75) is 45.8 Å². The van der Waals surface area contributed by atoms with Crippen LogP contribution < -0.4 is 15.4 Å². The van der Waals surface area contributed by atoms with Gasteiger partial charge < -0.3 is 15.4 Å². The Morgan fingerprint density at radius 2 is 2.21 bits per heavy atom. The molecule has 0 aliphatic heterocycles. The van der Waals surface area contributed by atoms with Crippen molar-refractivity contribution in [3.05, 3.63) is 11.8 Å². The standard InChI is InChI=1S/C13H20N4O2/c1-8(2)19-12-6-9(3)15-13(17-12)14-7-11(18)16-10-4-5-10/h6,8,10H,4-5,7H2,1-3H3,(H,16,18)(H,14,15,17). The van der Waals surface area contributed by atoms with Crippen LogP contribution in [0, 0.1) is 6.92 Å². The summed E-state index contributed by atoms with van der Waals surface area (Å²) in [6, 6.07) is 2.14. The van der Waals surface area contributed by atoms with Crippen molar-refractivity contribution in [3.8, 4) is 5.88 Å². The molecule has 2 N–H and O–H groups in total. The van der Waals surface area contributed by atoms with E-state index in [-0.39, 0.29) is 18.6 Å². The molecule has 2 rings (SSSR count). The number of rotatable bonds is 6. The highest BCUT2D eigenvalue weighted by Gasteiger charge is 2.22. The molecule has 1 amide bonds. The van der Waals surface area contributed by atoms with E-state index in [1.807, 2.05) is 20.8 Å². The quantitative estimate of drug-likeness (QED) is 0.809. The molecular weight excluding hydrogens is 244 g/mol. The highest BCUT2D eigenvalue weighted by molar-refractivity contribution is 5.80. The minimum Gasteiger partial charge on any atom is -0.475 e. The molecule has 104 valence electrons. The fourth-order valence-electron chi connectivity index (χ4n) is 1.59. The zero-order valence-electron chi connectivity index (χ0n) is 11.6. The fraction of sp³-hybridized carbons (Fsp3) is 0.615. The highest BCUT2D eigenvalue weighted by atomic mass is 16.5. The van der Waals surface area contributed by atoms with Gasteiger partial charge >= 0.3 is 0 Å². The van der Waals surface area contributed by atoms with E-state index in [9.17, 15) is 4.79 Å². The van der Waals surface area contributed by atoms with Gasteiger partial charge in [0.05, 0.1) is 12.6 Å². The second kappa shape index (κ2) is 5.86. The third kappa shape index (κ3) is 4.73. The van der Waals surface area contributed by atoms with Crippen LogP contribution in [0.2, 0.25) is 0 Å². The minimum atomic E-state index is -0.0288. The van der Waals surface area contributed by atoms with Gasteiger partial charge in [0.15, 0.2) is 0 Å². The van der Waals surface area contributed by atoms with Gasteiger partial charge in [0.1, 0.15) is 0 Å². The van der Waals surface area contributed by atoms with Crippen molar-refractivity contribution in [2.24, 2.45) is 0 Å². The Bertz CT molecular complexity index is 458. The molecule has 1 fully saturated rings. The molecule has 0 unspecified atom stereocenters. The summed E-state index contributed by atoms with van der Waals surface area (Å²) >= 11 is 0. The van der Waals surface area contributed by atoms with E-state index in [1.165, 1.54) is 0 Å². The zero-order chi connectivity index (χ0) is 13.8. The molecule has 19 heavy (non-hydrogen) atoms. The van der Waals surface area contributed by atoms with E-state index in [0.29, 0.717) is 17.9 Å². The number of hydrogen-bond acceptors (Lipinski definition) is 5. The van der Waals surface area contributed by atoms with Gasteiger partial charge in [-0.15, -0.1) is 0 Å². The van der Waals surface area contributed by atoms with Crippen molar-refractivity contribution in [3.63, 3.8) is 0 Å². The average Bonchev–Trinajstić information content (AvgIpc) is 3.08. The van der Waals surface area contributed by atoms with Gasteiger partial charge in [-0.25, -0.2) is 4.98 Å². The third-order valence-electron chi connectivity index (χ3n) is 2.54. The van der Waals surface area contributed by atoms with Gasteiger partial charge in [0.25, 0.3) is 0 Å². The highest BCUT2D eigenvalue weighted by Crippen LogP contribution is 2.18. The smallest absolute Gasteiger partial charge is 0.239 e. The number of anilines is 1. The summed E-state index contributed by atoms with van der Waals surface area (Å²) in [6.07, 6.45) is 2.22. The van der Waals surface area contributed by atoms with Crippen molar-refractivity contribution in [1.29, 1.82) is 0 Å². The van der Waals surface area contributed by atoms with Crippen LogP contribution in [0.5, 0.6) is 5.88 Å². The van der Waals surface area contributed by atoms with Crippen LogP contribution in [0.4, 0.5) is 5.95 Å². The molecule has 6 heteroatoms. The third-order valence-corrected chi connectivity index (χ3v) is 2.54. The number of amides is 1. The second-order valence-corrected chi connectivity index (χ2v) is 5.03. The molecule has 0 saturated heterocycles. The van der Waals surface area contributed by atoms with Gasteiger partial charge in [-0.3, -0.25) is 4.79 Å². The maximum Gasteiger partial charge on any atom is 0.239 e. The van der Waals surface area contributed by atoms with Gasteiger partial charge in [0.2, 0.25) is 17.7 Å². The van der Waals surface area contributed by atoms with Crippen LogP contribution in [0.25, 0.3) is 0 Å². The summed E-state index contributed by atoms with van der Waals surface area (Å²) in [7, 11) is 0. The van der Waals surface area contributed by atoms with Gasteiger partial charge in [-0.2, -0.15) is 4.98 Å². The predicted molar refractivity (Wildman–Crippen MR) is 72.2 cm³/mol. The number of aryl methyl sites for hydroxylation is 1. The van der Waals surface area contributed by atoms with Crippen molar-refractivity contribution in [1.82, 2.24) is 15.3 Å². The Morgan fingerprint density at radius 3 is 2.84 bits per heavy atom. The van der Waals surface area contributed by atoms with Gasteiger partial charge in [-0.05, 0) is 33.6 Å². The molecule has 1 heterocycles. The molecule has 1 aromatic heterocycles. The molecular formula is C13H20N4O2. The topological polar surface area (TPSA) is 76.1 Å². The number of ether oxygens (including phenoxy) is 1. The van der Waals surface area contributed by atoms with E-state index in [0.717, 1.165) is 18.5 Å². The normalized spacial score (nSPS) is 14.3. The van der Waals surface area contributed by atoms with Crippen molar-refractivity contribution in [2.75, 3.05) is 11.9 Å². The van der Waals surface area contributed by atoms with Crippen LogP contribution in [0.1, 0.15) is 32.4 Å². The first kappa shape index (κ1) is 13.6. The molecule has 0 bridgehead atoms. The first-order chi connectivity index (χ1) is 9.02. The van der Waals surface area contributed by atoms with Crippen molar-refractivity contribution >= 4 is 11.9 Å². The van der Waals surface area contributed by atoms with E-state index >= 15 is 0 Å². The number of carbonyl (C=O) groups excluding carboxylic acids is 1. The SMILES string of the molecule is Cc1cc(OC(C)C)nc(NCC(=O)NC2CC2)n1. The van der Waals surface area contributed by atoms with Crippen LogP contribution in [-0.2, 0) is 4.79 Å². The number of nitrogens with one attached hydrogen (secondary N) is 2. The summed E-state index contributed by atoms with van der Waals surface area (Å²) in [6.45, 7) is 5.92. The molecule has 1 aliphatic carbocycles. The molecule has 1 aromatic rings. The van der Waals surface area contributed by atoms with Crippen molar-refractivity contribution < 1.29 is 9.53 Å². The van der Waals surface area contributed by atoms with E-state index in [1.54, 1.807) is 6.07 Å². The number of aromatic nitrogens is 2. The van der Waals surface area contributed by atoms with E-state index in [2.05, 4.69) is 20.6 Å². The average molecular weight is 264 g/mol. The van der Waals surface area contributed by atoms with Gasteiger partial charge in [0, 0.05) is 17.8 Å². The van der Waals surface area contributed by atoms with Crippen LogP contribution >= 0.6 is 0 Å². The lowest BCUT2D eigenvalue weighted by molar-refractivity contribution is -0.119. The van der Waals surface area contributed by atoms with E-state index < -0.39 is 0 Å². The lowest BCUT2D eigenvalue weighted by Crippen LogP contribution is -2.31. The maximum atomic E-state index is 11.6. The zero-order valence-corrected chi connectivity index (χ0v) is 11.6.